The smallest absolute Gasteiger partial charge is 0.0596 e. The van der Waals surface area contributed by atoms with Crippen LogP contribution in [0.2, 0.25) is 0 Å². The van der Waals surface area contributed by atoms with Gasteiger partial charge in [0.2, 0.25) is 0 Å². The van der Waals surface area contributed by atoms with Crippen LogP contribution in [0.15, 0.2) is 0 Å². The Hall–Kier alpha value is -0.160. The molecule has 0 aromatic rings. The van der Waals surface area contributed by atoms with E-state index < -0.39 is 0 Å². The third-order valence-corrected chi connectivity index (χ3v) is 5.51. The predicted molar refractivity (Wildman–Crippen MR) is 86.3 cm³/mol. The SMILES string of the molecule is CC(C)N1CCC(O)CC(C2CN(C(C)C)CCC2O)C1. The van der Waals surface area contributed by atoms with Crippen LogP contribution in [0.3, 0.4) is 0 Å². The van der Waals surface area contributed by atoms with Gasteiger partial charge in [0.25, 0.3) is 0 Å². The highest BCUT2D eigenvalue weighted by atomic mass is 16.3. The number of hydrogen-bond acceptors (Lipinski definition) is 4. The molecule has 21 heavy (non-hydrogen) atoms. The van der Waals surface area contributed by atoms with Gasteiger partial charge in [-0.15, -0.1) is 0 Å². The topological polar surface area (TPSA) is 46.9 Å². The van der Waals surface area contributed by atoms with Crippen molar-refractivity contribution < 1.29 is 10.2 Å². The molecule has 0 saturated carbocycles. The molecule has 0 aromatic heterocycles. The van der Waals surface area contributed by atoms with Gasteiger partial charge in [0.1, 0.15) is 0 Å². The van der Waals surface area contributed by atoms with Gasteiger partial charge in [-0.1, -0.05) is 0 Å². The molecule has 0 aliphatic carbocycles. The van der Waals surface area contributed by atoms with E-state index in [9.17, 15) is 10.2 Å². The first kappa shape index (κ1) is 17.2. The van der Waals surface area contributed by atoms with Crippen molar-refractivity contribution in [3.63, 3.8) is 0 Å². The van der Waals surface area contributed by atoms with Crippen LogP contribution in [0.1, 0.15) is 47.0 Å². The van der Waals surface area contributed by atoms with Crippen LogP contribution in [-0.2, 0) is 0 Å². The number of aliphatic hydroxyl groups excluding tert-OH is 2. The lowest BCUT2D eigenvalue weighted by Crippen LogP contribution is -2.50. The van der Waals surface area contributed by atoms with Gasteiger partial charge >= 0.3 is 0 Å². The van der Waals surface area contributed by atoms with E-state index in [4.69, 9.17) is 0 Å². The Morgan fingerprint density at radius 1 is 0.857 bits per heavy atom. The van der Waals surface area contributed by atoms with Gasteiger partial charge in [-0.2, -0.15) is 0 Å². The lowest BCUT2D eigenvalue weighted by molar-refractivity contribution is -0.0247. The average Bonchev–Trinajstić information content (AvgIpc) is 2.61. The monoisotopic (exact) mass is 298 g/mol. The van der Waals surface area contributed by atoms with E-state index in [0.717, 1.165) is 45.4 Å². The second-order valence-electron chi connectivity index (χ2n) is 7.64. The minimum absolute atomic E-state index is 0.204. The first-order valence-corrected chi connectivity index (χ1v) is 8.72. The van der Waals surface area contributed by atoms with Crippen molar-refractivity contribution in [3.8, 4) is 0 Å². The molecule has 4 unspecified atom stereocenters. The van der Waals surface area contributed by atoms with Crippen LogP contribution in [0, 0.1) is 11.8 Å². The van der Waals surface area contributed by atoms with E-state index in [0.29, 0.717) is 23.9 Å². The van der Waals surface area contributed by atoms with E-state index in [1.807, 2.05) is 0 Å². The fourth-order valence-corrected chi connectivity index (χ4v) is 3.96. The second kappa shape index (κ2) is 7.40. The largest absolute Gasteiger partial charge is 0.393 e. The molecule has 2 fully saturated rings. The second-order valence-corrected chi connectivity index (χ2v) is 7.64. The lowest BCUT2D eigenvalue weighted by Gasteiger charge is -2.43. The minimum Gasteiger partial charge on any atom is -0.393 e. The zero-order chi connectivity index (χ0) is 15.6. The molecule has 0 radical (unpaired) electrons. The molecule has 2 heterocycles. The molecule has 2 rings (SSSR count). The quantitative estimate of drug-likeness (QED) is 0.830. The molecule has 4 heteroatoms. The van der Waals surface area contributed by atoms with Gasteiger partial charge < -0.3 is 20.0 Å². The molecule has 2 saturated heterocycles. The summed E-state index contributed by atoms with van der Waals surface area (Å²) in [5, 5.41) is 20.7. The summed E-state index contributed by atoms with van der Waals surface area (Å²) in [6.45, 7) is 12.9. The maximum absolute atomic E-state index is 10.5. The Kier molecular flexibility index (Phi) is 6.06. The highest BCUT2D eigenvalue weighted by Crippen LogP contribution is 2.32. The lowest BCUT2D eigenvalue weighted by atomic mass is 9.79. The number of hydrogen-bond donors (Lipinski definition) is 2. The van der Waals surface area contributed by atoms with Crippen molar-refractivity contribution in [2.75, 3.05) is 26.2 Å². The Bertz CT molecular complexity index is 322. The molecule has 4 nitrogen and oxygen atoms in total. The summed E-state index contributed by atoms with van der Waals surface area (Å²) in [6.07, 6.45) is 2.17. The molecule has 0 bridgehead atoms. The summed E-state index contributed by atoms with van der Waals surface area (Å²) >= 11 is 0. The molecule has 124 valence electrons. The molecule has 0 aromatic carbocycles. The van der Waals surface area contributed by atoms with Crippen molar-refractivity contribution in [3.05, 3.63) is 0 Å². The molecule has 2 aliphatic rings. The van der Waals surface area contributed by atoms with Crippen LogP contribution >= 0.6 is 0 Å². The van der Waals surface area contributed by atoms with Crippen molar-refractivity contribution >= 4 is 0 Å². The molecule has 2 aliphatic heterocycles. The van der Waals surface area contributed by atoms with Gasteiger partial charge in [0, 0.05) is 44.2 Å². The summed E-state index contributed by atoms with van der Waals surface area (Å²) in [5.41, 5.74) is 0. The van der Waals surface area contributed by atoms with Crippen molar-refractivity contribution in [1.29, 1.82) is 0 Å². The maximum Gasteiger partial charge on any atom is 0.0596 e. The van der Waals surface area contributed by atoms with Crippen LogP contribution in [0.4, 0.5) is 0 Å². The van der Waals surface area contributed by atoms with Gasteiger partial charge in [-0.3, -0.25) is 0 Å². The highest BCUT2D eigenvalue weighted by molar-refractivity contribution is 4.90. The normalized spacial score (nSPS) is 37.1. The Morgan fingerprint density at radius 2 is 1.43 bits per heavy atom. The van der Waals surface area contributed by atoms with Crippen LogP contribution < -0.4 is 0 Å². The van der Waals surface area contributed by atoms with Crippen LogP contribution in [0.25, 0.3) is 0 Å². The Balaban J connectivity index is 2.08. The first-order valence-electron chi connectivity index (χ1n) is 8.72. The highest BCUT2D eigenvalue weighted by Gasteiger charge is 2.37. The molecule has 0 amide bonds. The van der Waals surface area contributed by atoms with Crippen LogP contribution in [-0.4, -0.2) is 70.5 Å². The zero-order valence-electron chi connectivity index (χ0n) is 14.2. The predicted octanol–water partition coefficient (Wildman–Crippen LogP) is 1.56. The summed E-state index contributed by atoms with van der Waals surface area (Å²) in [6, 6.07) is 1.05. The van der Waals surface area contributed by atoms with E-state index >= 15 is 0 Å². The molecular formula is C17H34N2O2. The number of rotatable bonds is 3. The average molecular weight is 298 g/mol. The number of likely N-dealkylation sites (tertiary alicyclic amines) is 2. The number of aliphatic hydroxyl groups is 2. The van der Waals surface area contributed by atoms with Crippen LogP contribution in [0.5, 0.6) is 0 Å². The number of piperidine rings is 1. The van der Waals surface area contributed by atoms with Gasteiger partial charge in [0.05, 0.1) is 12.2 Å². The molecular weight excluding hydrogens is 264 g/mol. The third kappa shape index (κ3) is 4.41. The zero-order valence-corrected chi connectivity index (χ0v) is 14.2. The van der Waals surface area contributed by atoms with E-state index in [1.165, 1.54) is 0 Å². The Morgan fingerprint density at radius 3 is 2.05 bits per heavy atom. The van der Waals surface area contributed by atoms with Crippen molar-refractivity contribution in [2.45, 2.75) is 71.2 Å². The summed E-state index contributed by atoms with van der Waals surface area (Å²) in [7, 11) is 0. The van der Waals surface area contributed by atoms with Gasteiger partial charge in [-0.25, -0.2) is 0 Å². The fourth-order valence-electron chi connectivity index (χ4n) is 3.96. The molecule has 0 spiro atoms. The first-order chi connectivity index (χ1) is 9.88. The van der Waals surface area contributed by atoms with E-state index in [1.54, 1.807) is 0 Å². The maximum atomic E-state index is 10.5. The number of nitrogens with zero attached hydrogens (tertiary/aromatic N) is 2. The van der Waals surface area contributed by atoms with E-state index in [-0.39, 0.29) is 12.2 Å². The molecule has 2 N–H and O–H groups in total. The summed E-state index contributed by atoms with van der Waals surface area (Å²) < 4.78 is 0. The van der Waals surface area contributed by atoms with E-state index in [2.05, 4.69) is 37.5 Å². The fraction of sp³-hybridized carbons (Fsp3) is 1.00. The van der Waals surface area contributed by atoms with Gasteiger partial charge in [0.15, 0.2) is 0 Å². The Labute approximate surface area is 130 Å². The standard InChI is InChI=1S/C17H34N2O2/c1-12(2)18-7-5-15(20)9-14(10-18)16-11-19(13(3)4)8-6-17(16)21/h12-17,20-21H,5-11H2,1-4H3. The summed E-state index contributed by atoms with van der Waals surface area (Å²) in [4.78, 5) is 4.95. The minimum atomic E-state index is -0.208. The molecule has 4 atom stereocenters. The van der Waals surface area contributed by atoms with Gasteiger partial charge in [-0.05, 0) is 52.9 Å². The van der Waals surface area contributed by atoms with Crippen molar-refractivity contribution in [1.82, 2.24) is 9.80 Å². The third-order valence-electron chi connectivity index (χ3n) is 5.51. The summed E-state index contributed by atoms with van der Waals surface area (Å²) in [5.74, 6) is 0.705. The van der Waals surface area contributed by atoms with Crippen molar-refractivity contribution in [2.24, 2.45) is 11.8 Å².